The normalized spacial score (nSPS) is 26.8. The molecule has 2 heterocycles. The Balaban J connectivity index is 1.58. The maximum Gasteiger partial charge on any atom is 0.223 e. The van der Waals surface area contributed by atoms with Gasteiger partial charge in [-0.2, -0.15) is 5.10 Å². The number of hydrogen-bond acceptors (Lipinski definition) is 2. The van der Waals surface area contributed by atoms with Crippen molar-refractivity contribution in [1.29, 1.82) is 0 Å². The Labute approximate surface area is 114 Å². The minimum absolute atomic E-state index is 0.313. The first-order chi connectivity index (χ1) is 9.33. The summed E-state index contributed by atoms with van der Waals surface area (Å²) in [5, 5.41) is 4.30. The van der Waals surface area contributed by atoms with E-state index in [9.17, 15) is 4.79 Å². The van der Waals surface area contributed by atoms with Gasteiger partial charge in [-0.3, -0.25) is 9.48 Å². The first-order valence-corrected chi connectivity index (χ1v) is 7.26. The maximum atomic E-state index is 12.3. The van der Waals surface area contributed by atoms with Crippen LogP contribution in [0.15, 0.2) is 30.6 Å². The third-order valence-corrected chi connectivity index (χ3v) is 4.20. The molecule has 1 aliphatic carbocycles. The highest BCUT2D eigenvalue weighted by atomic mass is 16.2. The van der Waals surface area contributed by atoms with Crippen LogP contribution in [0.25, 0.3) is 0 Å². The Morgan fingerprint density at radius 2 is 2.32 bits per heavy atom. The van der Waals surface area contributed by atoms with Crippen LogP contribution in [0, 0.1) is 5.92 Å². The van der Waals surface area contributed by atoms with E-state index < -0.39 is 0 Å². The molecule has 1 amide bonds. The number of carbonyl (C=O) groups excluding carboxylic acids is 1. The van der Waals surface area contributed by atoms with Gasteiger partial charge in [0.1, 0.15) is 0 Å². The van der Waals surface area contributed by atoms with E-state index in [-0.39, 0.29) is 0 Å². The lowest BCUT2D eigenvalue weighted by Gasteiger charge is -2.33. The fourth-order valence-electron chi connectivity index (χ4n) is 3.11. The smallest absolute Gasteiger partial charge is 0.223 e. The second-order valence-electron chi connectivity index (χ2n) is 5.59. The first kappa shape index (κ1) is 12.5. The van der Waals surface area contributed by atoms with Crippen molar-refractivity contribution in [2.75, 3.05) is 13.1 Å². The summed E-state index contributed by atoms with van der Waals surface area (Å²) in [5.74, 6) is 0.783. The van der Waals surface area contributed by atoms with Crippen molar-refractivity contribution in [3.8, 4) is 0 Å². The number of likely N-dealkylation sites (tertiary alicyclic amines) is 1. The molecule has 0 aromatic carbocycles. The molecule has 0 spiro atoms. The molecule has 1 saturated heterocycles. The third-order valence-electron chi connectivity index (χ3n) is 4.20. The zero-order valence-corrected chi connectivity index (χ0v) is 11.2. The van der Waals surface area contributed by atoms with Crippen LogP contribution in [0.4, 0.5) is 0 Å². The van der Waals surface area contributed by atoms with E-state index in [4.69, 9.17) is 0 Å². The fraction of sp³-hybridized carbons (Fsp3) is 0.600. The minimum Gasteiger partial charge on any atom is -0.341 e. The SMILES string of the molecule is O=C(C[C@H]1C=CCC1)N1CCC[C@@H](n2cccn2)C1. The average Bonchev–Trinajstić information content (AvgIpc) is 3.12. The molecule has 4 nitrogen and oxygen atoms in total. The molecule has 102 valence electrons. The van der Waals surface area contributed by atoms with Gasteiger partial charge < -0.3 is 4.90 Å². The highest BCUT2D eigenvalue weighted by Gasteiger charge is 2.26. The van der Waals surface area contributed by atoms with Crippen LogP contribution >= 0.6 is 0 Å². The highest BCUT2D eigenvalue weighted by Crippen LogP contribution is 2.25. The summed E-state index contributed by atoms with van der Waals surface area (Å²) >= 11 is 0. The van der Waals surface area contributed by atoms with Crippen molar-refractivity contribution in [3.05, 3.63) is 30.6 Å². The van der Waals surface area contributed by atoms with Crippen LogP contribution in [0.1, 0.15) is 38.1 Å². The molecule has 0 unspecified atom stereocenters. The molecule has 0 N–H and O–H groups in total. The summed E-state index contributed by atoms with van der Waals surface area (Å²) in [7, 11) is 0. The molecule has 1 aromatic rings. The molecular formula is C15H21N3O. The lowest BCUT2D eigenvalue weighted by Crippen LogP contribution is -2.41. The molecule has 2 atom stereocenters. The predicted octanol–water partition coefficient (Wildman–Crippen LogP) is 2.40. The summed E-state index contributed by atoms with van der Waals surface area (Å²) in [4.78, 5) is 14.4. The van der Waals surface area contributed by atoms with E-state index in [2.05, 4.69) is 17.3 Å². The largest absolute Gasteiger partial charge is 0.341 e. The van der Waals surface area contributed by atoms with Gasteiger partial charge in [0.15, 0.2) is 0 Å². The predicted molar refractivity (Wildman–Crippen MR) is 73.6 cm³/mol. The van der Waals surface area contributed by atoms with Gasteiger partial charge in [-0.15, -0.1) is 0 Å². The van der Waals surface area contributed by atoms with Gasteiger partial charge in [0.25, 0.3) is 0 Å². The van der Waals surface area contributed by atoms with E-state index in [0.29, 0.717) is 24.3 Å². The number of nitrogens with zero attached hydrogens (tertiary/aromatic N) is 3. The van der Waals surface area contributed by atoms with E-state index in [0.717, 1.165) is 38.8 Å². The Morgan fingerprint density at radius 1 is 1.37 bits per heavy atom. The summed E-state index contributed by atoms with van der Waals surface area (Å²) < 4.78 is 1.99. The minimum atomic E-state index is 0.313. The Morgan fingerprint density at radius 3 is 3.05 bits per heavy atom. The molecular weight excluding hydrogens is 238 g/mol. The number of aromatic nitrogens is 2. The van der Waals surface area contributed by atoms with Gasteiger partial charge in [0.05, 0.1) is 6.04 Å². The Kier molecular flexibility index (Phi) is 3.67. The van der Waals surface area contributed by atoms with Crippen molar-refractivity contribution in [2.45, 2.75) is 38.1 Å². The molecule has 19 heavy (non-hydrogen) atoms. The first-order valence-electron chi connectivity index (χ1n) is 7.26. The van der Waals surface area contributed by atoms with Crippen LogP contribution in [-0.4, -0.2) is 33.7 Å². The second kappa shape index (κ2) is 5.59. The van der Waals surface area contributed by atoms with E-state index in [1.165, 1.54) is 0 Å². The van der Waals surface area contributed by atoms with Crippen molar-refractivity contribution < 1.29 is 4.79 Å². The van der Waals surface area contributed by atoms with Gasteiger partial charge in [0, 0.05) is 31.9 Å². The third kappa shape index (κ3) is 2.88. The summed E-state index contributed by atoms with van der Waals surface area (Å²) in [6, 6.07) is 2.30. The van der Waals surface area contributed by atoms with Crippen LogP contribution in [0.5, 0.6) is 0 Å². The number of allylic oxidation sites excluding steroid dienone is 2. The Bertz CT molecular complexity index is 452. The second-order valence-corrected chi connectivity index (χ2v) is 5.59. The van der Waals surface area contributed by atoms with Gasteiger partial charge in [0.2, 0.25) is 5.91 Å². The van der Waals surface area contributed by atoms with Crippen LogP contribution in [0.3, 0.4) is 0 Å². The van der Waals surface area contributed by atoms with Crippen LogP contribution in [0.2, 0.25) is 0 Å². The number of hydrogen-bond donors (Lipinski definition) is 0. The Hall–Kier alpha value is -1.58. The molecule has 1 aliphatic heterocycles. The van der Waals surface area contributed by atoms with Gasteiger partial charge in [-0.05, 0) is 37.7 Å². The van der Waals surface area contributed by atoms with Crippen molar-refractivity contribution in [3.63, 3.8) is 0 Å². The summed E-state index contributed by atoms with van der Waals surface area (Å²) in [6.45, 7) is 1.73. The van der Waals surface area contributed by atoms with Gasteiger partial charge in [-0.1, -0.05) is 12.2 Å². The molecule has 3 rings (SSSR count). The lowest BCUT2D eigenvalue weighted by molar-refractivity contribution is -0.133. The molecule has 0 saturated carbocycles. The summed E-state index contributed by atoms with van der Waals surface area (Å²) in [5.41, 5.74) is 0. The van der Waals surface area contributed by atoms with Crippen LogP contribution in [-0.2, 0) is 4.79 Å². The van der Waals surface area contributed by atoms with E-state index >= 15 is 0 Å². The fourth-order valence-corrected chi connectivity index (χ4v) is 3.11. The standard InChI is InChI=1S/C15H21N3O/c19-15(11-13-5-1-2-6-13)17-9-3-7-14(12-17)18-10-4-8-16-18/h1,4-5,8,10,13-14H,2-3,6-7,9,11-12H2/t13-,14+/m0/s1. The van der Waals surface area contributed by atoms with Gasteiger partial charge >= 0.3 is 0 Å². The number of rotatable bonds is 3. The molecule has 0 bridgehead atoms. The van der Waals surface area contributed by atoms with Crippen LogP contribution < -0.4 is 0 Å². The zero-order valence-electron chi connectivity index (χ0n) is 11.2. The zero-order chi connectivity index (χ0) is 13.1. The number of carbonyl (C=O) groups is 1. The lowest BCUT2D eigenvalue weighted by atomic mass is 10.0. The monoisotopic (exact) mass is 259 g/mol. The molecule has 0 radical (unpaired) electrons. The molecule has 2 aliphatic rings. The van der Waals surface area contributed by atoms with Crippen molar-refractivity contribution >= 4 is 5.91 Å². The summed E-state index contributed by atoms with van der Waals surface area (Å²) in [6.07, 6.45) is 13.4. The van der Waals surface area contributed by atoms with E-state index in [1.54, 1.807) is 0 Å². The average molecular weight is 259 g/mol. The van der Waals surface area contributed by atoms with Crippen molar-refractivity contribution in [1.82, 2.24) is 14.7 Å². The van der Waals surface area contributed by atoms with E-state index in [1.807, 2.05) is 28.0 Å². The highest BCUT2D eigenvalue weighted by molar-refractivity contribution is 5.76. The van der Waals surface area contributed by atoms with Crippen molar-refractivity contribution in [2.24, 2.45) is 5.92 Å². The molecule has 1 fully saturated rings. The van der Waals surface area contributed by atoms with Gasteiger partial charge in [-0.25, -0.2) is 0 Å². The maximum absolute atomic E-state index is 12.3. The quantitative estimate of drug-likeness (QED) is 0.782. The number of amides is 1. The molecule has 4 heteroatoms. The topological polar surface area (TPSA) is 38.1 Å². The number of piperidine rings is 1. The molecule has 1 aromatic heterocycles.